The van der Waals surface area contributed by atoms with E-state index in [0.717, 1.165) is 30.6 Å². The first-order chi connectivity index (χ1) is 14.1. The number of rotatable bonds is 8. The number of aromatic nitrogens is 1. The molecule has 29 heavy (non-hydrogen) atoms. The summed E-state index contributed by atoms with van der Waals surface area (Å²) in [7, 11) is 1.64. The summed E-state index contributed by atoms with van der Waals surface area (Å²) in [6.07, 6.45) is 6.60. The maximum atomic E-state index is 12.1. The number of urea groups is 1. The summed E-state index contributed by atoms with van der Waals surface area (Å²) in [5.41, 5.74) is 1.79. The van der Waals surface area contributed by atoms with Crippen molar-refractivity contribution in [2.24, 2.45) is 0 Å². The lowest BCUT2D eigenvalue weighted by molar-refractivity contribution is -0.120. The minimum atomic E-state index is -0.221. The van der Waals surface area contributed by atoms with Gasteiger partial charge in [-0.15, -0.1) is 11.3 Å². The number of nitrogens with one attached hydrogen (secondary N) is 3. The topological polar surface area (TPSA) is 92.4 Å². The molecule has 3 amide bonds. The van der Waals surface area contributed by atoms with E-state index in [1.807, 2.05) is 24.3 Å². The van der Waals surface area contributed by atoms with Gasteiger partial charge in [-0.2, -0.15) is 0 Å². The standard InChI is InChI=1S/C21H28N4O3S/c1-28-18-9-7-15(8-10-18)11-12-22-19(26)13-17-14-29-21(24-17)25-20(27)23-16-5-3-2-4-6-16/h7-10,14,16H,2-6,11-13H2,1H3,(H,22,26)(H2,23,24,25,27). The maximum absolute atomic E-state index is 12.1. The molecule has 1 fully saturated rings. The Bertz CT molecular complexity index is 801. The fraction of sp³-hybridized carbons (Fsp3) is 0.476. The molecule has 0 aliphatic heterocycles. The molecule has 1 aliphatic rings. The van der Waals surface area contributed by atoms with Crippen LogP contribution in [-0.4, -0.2) is 36.6 Å². The first-order valence-electron chi connectivity index (χ1n) is 10.0. The average molecular weight is 417 g/mol. The Balaban J connectivity index is 1.37. The van der Waals surface area contributed by atoms with E-state index in [4.69, 9.17) is 4.74 Å². The molecule has 0 unspecified atom stereocenters. The van der Waals surface area contributed by atoms with Crippen molar-refractivity contribution in [3.05, 3.63) is 40.9 Å². The zero-order valence-corrected chi connectivity index (χ0v) is 17.5. The molecule has 1 aliphatic carbocycles. The van der Waals surface area contributed by atoms with Gasteiger partial charge in [-0.1, -0.05) is 31.4 Å². The molecular formula is C21H28N4O3S. The molecule has 156 valence electrons. The van der Waals surface area contributed by atoms with E-state index >= 15 is 0 Å². The molecule has 7 nitrogen and oxygen atoms in total. The van der Waals surface area contributed by atoms with Gasteiger partial charge in [0.05, 0.1) is 19.2 Å². The number of anilines is 1. The number of amides is 3. The fourth-order valence-electron chi connectivity index (χ4n) is 3.38. The second-order valence-electron chi connectivity index (χ2n) is 7.20. The SMILES string of the molecule is COc1ccc(CCNC(=O)Cc2csc(NC(=O)NC3CCCCC3)n2)cc1. The number of carbonyl (C=O) groups excluding carboxylic acids is 2. The lowest BCUT2D eigenvalue weighted by Crippen LogP contribution is -2.39. The van der Waals surface area contributed by atoms with Gasteiger partial charge in [0.2, 0.25) is 5.91 Å². The van der Waals surface area contributed by atoms with Crippen molar-refractivity contribution in [1.29, 1.82) is 0 Å². The van der Waals surface area contributed by atoms with Crippen molar-refractivity contribution < 1.29 is 14.3 Å². The monoisotopic (exact) mass is 416 g/mol. The predicted octanol–water partition coefficient (Wildman–Crippen LogP) is 3.51. The highest BCUT2D eigenvalue weighted by molar-refractivity contribution is 7.13. The van der Waals surface area contributed by atoms with Gasteiger partial charge in [0.1, 0.15) is 5.75 Å². The Labute approximate surface area is 175 Å². The normalized spacial score (nSPS) is 14.2. The largest absolute Gasteiger partial charge is 0.497 e. The Morgan fingerprint density at radius 2 is 1.93 bits per heavy atom. The highest BCUT2D eigenvalue weighted by Gasteiger charge is 2.16. The lowest BCUT2D eigenvalue weighted by Gasteiger charge is -2.22. The summed E-state index contributed by atoms with van der Waals surface area (Å²) in [5.74, 6) is 0.736. The van der Waals surface area contributed by atoms with Crippen molar-refractivity contribution >= 4 is 28.4 Å². The predicted molar refractivity (Wildman–Crippen MR) is 115 cm³/mol. The Morgan fingerprint density at radius 3 is 2.66 bits per heavy atom. The van der Waals surface area contributed by atoms with Gasteiger partial charge in [0.25, 0.3) is 0 Å². The molecular weight excluding hydrogens is 388 g/mol. The van der Waals surface area contributed by atoms with Gasteiger partial charge >= 0.3 is 6.03 Å². The van der Waals surface area contributed by atoms with Gasteiger partial charge < -0.3 is 15.4 Å². The Hall–Kier alpha value is -2.61. The van der Waals surface area contributed by atoms with Crippen molar-refractivity contribution in [1.82, 2.24) is 15.6 Å². The number of ether oxygens (including phenoxy) is 1. The molecule has 3 rings (SSSR count). The number of methoxy groups -OCH3 is 1. The number of benzene rings is 1. The van der Waals surface area contributed by atoms with Crippen molar-refractivity contribution in [2.75, 3.05) is 19.0 Å². The van der Waals surface area contributed by atoms with E-state index in [2.05, 4.69) is 20.9 Å². The first-order valence-corrected chi connectivity index (χ1v) is 10.9. The van der Waals surface area contributed by atoms with Gasteiger partial charge in [-0.05, 0) is 37.0 Å². The summed E-state index contributed by atoms with van der Waals surface area (Å²) in [6, 6.07) is 7.82. The van der Waals surface area contributed by atoms with Gasteiger partial charge in [-0.3, -0.25) is 10.1 Å². The van der Waals surface area contributed by atoms with Gasteiger partial charge in [-0.25, -0.2) is 9.78 Å². The second-order valence-corrected chi connectivity index (χ2v) is 8.06. The number of carbonyl (C=O) groups is 2. The summed E-state index contributed by atoms with van der Waals surface area (Å²) in [4.78, 5) is 28.6. The molecule has 1 aromatic carbocycles. The van der Waals surface area contributed by atoms with Crippen LogP contribution in [0.15, 0.2) is 29.6 Å². The summed E-state index contributed by atoms with van der Waals surface area (Å²) < 4.78 is 5.14. The quantitative estimate of drug-likeness (QED) is 0.614. The van der Waals surface area contributed by atoms with E-state index in [9.17, 15) is 9.59 Å². The van der Waals surface area contributed by atoms with Crippen molar-refractivity contribution in [3.8, 4) is 5.75 Å². The molecule has 0 bridgehead atoms. The average Bonchev–Trinajstić information content (AvgIpc) is 3.15. The van der Waals surface area contributed by atoms with Crippen LogP contribution in [0.1, 0.15) is 43.4 Å². The lowest BCUT2D eigenvalue weighted by atomic mass is 9.96. The zero-order chi connectivity index (χ0) is 20.5. The van der Waals surface area contributed by atoms with Crippen LogP contribution in [0, 0.1) is 0 Å². The van der Waals surface area contributed by atoms with Crippen LogP contribution >= 0.6 is 11.3 Å². The first kappa shape index (κ1) is 21.1. The van der Waals surface area contributed by atoms with E-state index in [1.165, 1.54) is 30.6 Å². The zero-order valence-electron chi connectivity index (χ0n) is 16.7. The molecule has 8 heteroatoms. The fourth-order valence-corrected chi connectivity index (χ4v) is 4.08. The third-order valence-electron chi connectivity index (χ3n) is 4.95. The summed E-state index contributed by atoms with van der Waals surface area (Å²) >= 11 is 1.33. The van der Waals surface area contributed by atoms with Crippen molar-refractivity contribution in [3.63, 3.8) is 0 Å². The smallest absolute Gasteiger partial charge is 0.321 e. The van der Waals surface area contributed by atoms with Crippen LogP contribution in [0.5, 0.6) is 5.75 Å². The molecule has 1 saturated carbocycles. The Morgan fingerprint density at radius 1 is 1.17 bits per heavy atom. The maximum Gasteiger partial charge on any atom is 0.321 e. The van der Waals surface area contributed by atoms with Gasteiger partial charge in [0.15, 0.2) is 5.13 Å². The highest BCUT2D eigenvalue weighted by atomic mass is 32.1. The molecule has 3 N–H and O–H groups in total. The van der Waals surface area contributed by atoms with Crippen LogP contribution in [0.2, 0.25) is 0 Å². The summed E-state index contributed by atoms with van der Waals surface area (Å²) in [6.45, 7) is 0.560. The molecule has 1 aromatic heterocycles. The van der Waals surface area contributed by atoms with E-state index < -0.39 is 0 Å². The Kier molecular flexibility index (Phi) is 7.86. The van der Waals surface area contributed by atoms with Crippen LogP contribution in [0.3, 0.4) is 0 Å². The molecule has 0 spiro atoms. The number of nitrogens with zero attached hydrogens (tertiary/aromatic N) is 1. The molecule has 0 atom stereocenters. The summed E-state index contributed by atoms with van der Waals surface area (Å²) in [5, 5.41) is 11.0. The molecule has 1 heterocycles. The van der Waals surface area contributed by atoms with E-state index in [1.54, 1.807) is 12.5 Å². The van der Waals surface area contributed by atoms with E-state index in [-0.39, 0.29) is 24.4 Å². The number of hydrogen-bond donors (Lipinski definition) is 3. The van der Waals surface area contributed by atoms with E-state index in [0.29, 0.717) is 17.4 Å². The second kappa shape index (κ2) is 10.8. The highest BCUT2D eigenvalue weighted by Crippen LogP contribution is 2.19. The molecule has 0 saturated heterocycles. The molecule has 0 radical (unpaired) electrons. The third-order valence-corrected chi connectivity index (χ3v) is 5.76. The number of thiazole rings is 1. The minimum absolute atomic E-state index is 0.0815. The minimum Gasteiger partial charge on any atom is -0.497 e. The molecule has 2 aromatic rings. The van der Waals surface area contributed by atoms with Crippen molar-refractivity contribution in [2.45, 2.75) is 51.0 Å². The van der Waals surface area contributed by atoms with Crippen LogP contribution in [-0.2, 0) is 17.6 Å². The van der Waals surface area contributed by atoms with Crippen LogP contribution in [0.25, 0.3) is 0 Å². The number of hydrogen-bond acceptors (Lipinski definition) is 5. The van der Waals surface area contributed by atoms with Crippen LogP contribution in [0.4, 0.5) is 9.93 Å². The third kappa shape index (κ3) is 7.05. The van der Waals surface area contributed by atoms with Gasteiger partial charge in [0, 0.05) is 18.0 Å². The van der Waals surface area contributed by atoms with Crippen LogP contribution < -0.4 is 20.7 Å².